The minimum absolute atomic E-state index is 0.283. The number of benzene rings is 1. The number of rotatable bonds is 6. The van der Waals surface area contributed by atoms with Gasteiger partial charge in [-0.3, -0.25) is 9.78 Å². The van der Waals surface area contributed by atoms with E-state index in [0.717, 1.165) is 5.56 Å². The molecular weight excluding hydrogens is 384 g/mol. The highest BCUT2D eigenvalue weighted by Gasteiger charge is 2.10. The van der Waals surface area contributed by atoms with E-state index < -0.39 is 5.97 Å². The van der Waals surface area contributed by atoms with Gasteiger partial charge in [-0.2, -0.15) is 0 Å². The molecule has 1 N–H and O–H groups in total. The van der Waals surface area contributed by atoms with Gasteiger partial charge in [0.15, 0.2) is 6.61 Å². The van der Waals surface area contributed by atoms with Gasteiger partial charge in [-0.05, 0) is 46.1 Å². The SMILES string of the molecule is O=C(COC(=O)c1cncc(Br)c1)NCCc1cccc(Cl)c1. The minimum atomic E-state index is -0.594. The fourth-order valence-corrected chi connectivity index (χ4v) is 2.41. The lowest BCUT2D eigenvalue weighted by atomic mass is 10.1. The van der Waals surface area contributed by atoms with Gasteiger partial charge in [-0.25, -0.2) is 4.79 Å². The number of esters is 1. The first-order chi connectivity index (χ1) is 11.0. The van der Waals surface area contributed by atoms with Crippen molar-refractivity contribution >= 4 is 39.4 Å². The van der Waals surface area contributed by atoms with E-state index in [1.54, 1.807) is 18.3 Å². The number of amides is 1. The average Bonchev–Trinajstić information content (AvgIpc) is 2.52. The van der Waals surface area contributed by atoms with E-state index in [0.29, 0.717) is 22.5 Å². The molecule has 1 heterocycles. The third-order valence-corrected chi connectivity index (χ3v) is 3.57. The van der Waals surface area contributed by atoms with E-state index in [2.05, 4.69) is 26.2 Å². The van der Waals surface area contributed by atoms with Gasteiger partial charge >= 0.3 is 5.97 Å². The third-order valence-electron chi connectivity index (χ3n) is 2.90. The molecule has 1 aromatic heterocycles. The van der Waals surface area contributed by atoms with Crippen LogP contribution in [0.1, 0.15) is 15.9 Å². The molecule has 0 saturated carbocycles. The summed E-state index contributed by atoms with van der Waals surface area (Å²) in [6, 6.07) is 8.99. The Labute approximate surface area is 147 Å². The second-order valence-electron chi connectivity index (χ2n) is 4.70. The van der Waals surface area contributed by atoms with E-state index in [1.807, 2.05) is 18.2 Å². The number of hydrogen-bond donors (Lipinski definition) is 1. The second-order valence-corrected chi connectivity index (χ2v) is 6.05. The molecule has 0 aliphatic rings. The van der Waals surface area contributed by atoms with Crippen LogP contribution in [0.2, 0.25) is 5.02 Å². The van der Waals surface area contributed by atoms with E-state index in [-0.39, 0.29) is 18.1 Å². The highest BCUT2D eigenvalue weighted by molar-refractivity contribution is 9.10. The lowest BCUT2D eigenvalue weighted by Crippen LogP contribution is -2.30. The molecule has 5 nitrogen and oxygen atoms in total. The quantitative estimate of drug-likeness (QED) is 0.761. The van der Waals surface area contributed by atoms with E-state index >= 15 is 0 Å². The molecule has 0 aliphatic heterocycles. The van der Waals surface area contributed by atoms with Crippen LogP contribution in [0.3, 0.4) is 0 Å². The molecule has 0 saturated heterocycles. The van der Waals surface area contributed by atoms with Crippen LogP contribution in [0.4, 0.5) is 0 Å². The number of halogens is 2. The smallest absolute Gasteiger partial charge is 0.340 e. The minimum Gasteiger partial charge on any atom is -0.452 e. The number of carbonyl (C=O) groups excluding carboxylic acids is 2. The van der Waals surface area contributed by atoms with E-state index in [9.17, 15) is 9.59 Å². The third kappa shape index (κ3) is 6.00. The zero-order chi connectivity index (χ0) is 16.7. The molecule has 2 aromatic rings. The summed E-state index contributed by atoms with van der Waals surface area (Å²) in [6.07, 6.45) is 3.58. The molecule has 0 fully saturated rings. The van der Waals surface area contributed by atoms with Crippen molar-refractivity contribution in [2.75, 3.05) is 13.2 Å². The maximum Gasteiger partial charge on any atom is 0.340 e. The Morgan fingerprint density at radius 2 is 2.09 bits per heavy atom. The first kappa shape index (κ1) is 17.4. The number of nitrogens with one attached hydrogen (secondary N) is 1. The maximum atomic E-state index is 11.8. The Hall–Kier alpha value is -1.92. The van der Waals surface area contributed by atoms with Crippen molar-refractivity contribution in [2.45, 2.75) is 6.42 Å². The van der Waals surface area contributed by atoms with Crippen molar-refractivity contribution in [3.63, 3.8) is 0 Å². The summed E-state index contributed by atoms with van der Waals surface area (Å²) in [4.78, 5) is 27.3. The van der Waals surface area contributed by atoms with Crippen LogP contribution in [-0.4, -0.2) is 30.0 Å². The van der Waals surface area contributed by atoms with Gasteiger partial charge in [-0.15, -0.1) is 0 Å². The fourth-order valence-electron chi connectivity index (χ4n) is 1.83. The van der Waals surface area contributed by atoms with Crippen molar-refractivity contribution in [1.29, 1.82) is 0 Å². The maximum absolute atomic E-state index is 11.8. The lowest BCUT2D eigenvalue weighted by molar-refractivity contribution is -0.124. The number of hydrogen-bond acceptors (Lipinski definition) is 4. The standard InChI is InChI=1S/C16H14BrClN2O3/c17-13-7-12(8-19-9-13)16(22)23-10-15(21)20-5-4-11-2-1-3-14(18)6-11/h1-3,6-9H,4-5,10H2,(H,20,21). The molecule has 0 atom stereocenters. The lowest BCUT2D eigenvalue weighted by Gasteiger charge is -2.07. The summed E-state index contributed by atoms with van der Waals surface area (Å²) in [5.74, 6) is -0.952. The Balaban J connectivity index is 1.72. The fraction of sp³-hybridized carbons (Fsp3) is 0.188. The van der Waals surface area contributed by atoms with E-state index in [4.69, 9.17) is 16.3 Å². The number of pyridine rings is 1. The zero-order valence-corrected chi connectivity index (χ0v) is 14.4. The van der Waals surface area contributed by atoms with Crippen molar-refractivity contribution in [2.24, 2.45) is 0 Å². The van der Waals surface area contributed by atoms with Gasteiger partial charge in [0.2, 0.25) is 0 Å². The van der Waals surface area contributed by atoms with Crippen LogP contribution >= 0.6 is 27.5 Å². The van der Waals surface area contributed by atoms with Crippen LogP contribution in [0.15, 0.2) is 47.2 Å². The number of nitrogens with zero attached hydrogens (tertiary/aromatic N) is 1. The first-order valence-corrected chi connectivity index (χ1v) is 8.00. The van der Waals surface area contributed by atoms with Gasteiger partial charge in [0.25, 0.3) is 5.91 Å². The molecule has 0 bridgehead atoms. The van der Waals surface area contributed by atoms with Crippen LogP contribution in [0.25, 0.3) is 0 Å². The Bertz CT molecular complexity index is 709. The largest absolute Gasteiger partial charge is 0.452 e. The van der Waals surface area contributed by atoms with Gasteiger partial charge in [0.05, 0.1) is 5.56 Å². The van der Waals surface area contributed by atoms with Crippen molar-refractivity contribution in [1.82, 2.24) is 10.3 Å². The molecule has 2 rings (SSSR count). The van der Waals surface area contributed by atoms with Gasteiger partial charge in [-0.1, -0.05) is 23.7 Å². The normalized spacial score (nSPS) is 10.2. The molecule has 1 aromatic carbocycles. The van der Waals surface area contributed by atoms with Crippen molar-refractivity contribution < 1.29 is 14.3 Å². The molecule has 0 aliphatic carbocycles. The van der Waals surface area contributed by atoms with Crippen LogP contribution in [0.5, 0.6) is 0 Å². The number of ether oxygens (including phenoxy) is 1. The predicted molar refractivity (Wildman–Crippen MR) is 90.4 cm³/mol. The highest BCUT2D eigenvalue weighted by atomic mass is 79.9. The van der Waals surface area contributed by atoms with E-state index in [1.165, 1.54) is 6.20 Å². The van der Waals surface area contributed by atoms with Crippen molar-refractivity contribution in [3.8, 4) is 0 Å². The Morgan fingerprint density at radius 1 is 1.26 bits per heavy atom. The Morgan fingerprint density at radius 3 is 2.83 bits per heavy atom. The molecule has 120 valence electrons. The zero-order valence-electron chi connectivity index (χ0n) is 12.1. The molecule has 23 heavy (non-hydrogen) atoms. The first-order valence-electron chi connectivity index (χ1n) is 6.83. The molecule has 1 amide bonds. The summed E-state index contributed by atoms with van der Waals surface area (Å²) in [5, 5.41) is 3.34. The molecular formula is C16H14BrClN2O3. The molecule has 7 heteroatoms. The second kappa shape index (κ2) is 8.64. The van der Waals surface area contributed by atoms with Gasteiger partial charge < -0.3 is 10.1 Å². The highest BCUT2D eigenvalue weighted by Crippen LogP contribution is 2.11. The molecule has 0 unspecified atom stereocenters. The van der Waals surface area contributed by atoms with Gasteiger partial charge in [0, 0.05) is 28.4 Å². The van der Waals surface area contributed by atoms with Crippen LogP contribution < -0.4 is 5.32 Å². The summed E-state index contributed by atoms with van der Waals surface area (Å²) in [6.45, 7) is 0.107. The monoisotopic (exact) mass is 396 g/mol. The van der Waals surface area contributed by atoms with Gasteiger partial charge in [0.1, 0.15) is 0 Å². The summed E-state index contributed by atoms with van der Waals surface area (Å²) in [7, 11) is 0. The number of carbonyl (C=O) groups is 2. The van der Waals surface area contributed by atoms with Crippen LogP contribution in [0, 0.1) is 0 Å². The average molecular weight is 398 g/mol. The summed E-state index contributed by atoms with van der Waals surface area (Å²) < 4.78 is 5.60. The summed E-state index contributed by atoms with van der Waals surface area (Å²) in [5.41, 5.74) is 1.31. The molecule has 0 radical (unpaired) electrons. The summed E-state index contributed by atoms with van der Waals surface area (Å²) >= 11 is 9.10. The van der Waals surface area contributed by atoms with Crippen LogP contribution in [-0.2, 0) is 16.0 Å². The van der Waals surface area contributed by atoms with Crippen molar-refractivity contribution in [3.05, 3.63) is 63.3 Å². The Kier molecular flexibility index (Phi) is 6.55. The number of aromatic nitrogens is 1. The predicted octanol–water partition coefficient (Wildman–Crippen LogP) is 3.01. The molecule has 0 spiro atoms. The topological polar surface area (TPSA) is 68.3 Å².